The van der Waals surface area contributed by atoms with E-state index in [2.05, 4.69) is 10.0 Å². The second kappa shape index (κ2) is 9.21. The third-order valence-corrected chi connectivity index (χ3v) is 5.37. The topological polar surface area (TPSA) is 88.4 Å². The standard InChI is InChI=1S/C18H23ClN2O4S/c1-13(2)10-17(18(22)20-11-15-7-5-9-25-15)21-26(23,24)12-14-6-3-4-8-16(14)19/h3-9,13,17,21H,10-12H2,1-2H3,(H,20,22)/t17-/m0/s1. The van der Waals surface area contributed by atoms with Crippen molar-refractivity contribution in [3.63, 3.8) is 0 Å². The lowest BCUT2D eigenvalue weighted by molar-refractivity contribution is -0.123. The summed E-state index contributed by atoms with van der Waals surface area (Å²) in [4.78, 5) is 12.5. The number of rotatable bonds is 9. The molecule has 1 aromatic carbocycles. The van der Waals surface area contributed by atoms with E-state index >= 15 is 0 Å². The summed E-state index contributed by atoms with van der Waals surface area (Å²) in [5, 5.41) is 3.08. The maximum Gasteiger partial charge on any atom is 0.238 e. The number of hydrogen-bond donors (Lipinski definition) is 2. The molecule has 26 heavy (non-hydrogen) atoms. The number of amides is 1. The Balaban J connectivity index is 2.05. The Labute approximate surface area is 159 Å². The highest BCUT2D eigenvalue weighted by molar-refractivity contribution is 7.88. The molecule has 1 amide bonds. The lowest BCUT2D eigenvalue weighted by Crippen LogP contribution is -2.47. The quantitative estimate of drug-likeness (QED) is 0.679. The first-order chi connectivity index (χ1) is 12.3. The lowest BCUT2D eigenvalue weighted by atomic mass is 10.0. The van der Waals surface area contributed by atoms with Crippen LogP contribution in [0.3, 0.4) is 0 Å². The number of furan rings is 1. The second-order valence-electron chi connectivity index (χ2n) is 6.45. The van der Waals surface area contributed by atoms with E-state index in [-0.39, 0.29) is 18.2 Å². The fourth-order valence-corrected chi connectivity index (χ4v) is 4.13. The fourth-order valence-electron chi connectivity index (χ4n) is 2.47. The van der Waals surface area contributed by atoms with Crippen LogP contribution in [-0.2, 0) is 27.1 Å². The zero-order chi connectivity index (χ0) is 19.2. The molecule has 6 nitrogen and oxygen atoms in total. The predicted octanol–water partition coefficient (Wildman–Crippen LogP) is 3.08. The summed E-state index contributed by atoms with van der Waals surface area (Å²) in [5.41, 5.74) is 0.487. The zero-order valence-electron chi connectivity index (χ0n) is 14.7. The average molecular weight is 399 g/mol. The number of nitrogens with one attached hydrogen (secondary N) is 2. The van der Waals surface area contributed by atoms with E-state index in [1.807, 2.05) is 13.8 Å². The Morgan fingerprint density at radius 2 is 1.92 bits per heavy atom. The average Bonchev–Trinajstić information content (AvgIpc) is 3.07. The van der Waals surface area contributed by atoms with Gasteiger partial charge in [-0.3, -0.25) is 4.79 Å². The van der Waals surface area contributed by atoms with Gasteiger partial charge in [-0.15, -0.1) is 0 Å². The van der Waals surface area contributed by atoms with Crippen LogP contribution in [0.1, 0.15) is 31.6 Å². The molecule has 2 rings (SSSR count). The van der Waals surface area contributed by atoms with Gasteiger partial charge in [-0.2, -0.15) is 0 Å². The molecule has 0 spiro atoms. The minimum atomic E-state index is -3.74. The molecule has 0 saturated carbocycles. The van der Waals surface area contributed by atoms with E-state index in [0.717, 1.165) is 0 Å². The van der Waals surface area contributed by atoms with Gasteiger partial charge in [0.05, 0.1) is 18.6 Å². The van der Waals surface area contributed by atoms with E-state index in [4.69, 9.17) is 16.0 Å². The third kappa shape index (κ3) is 6.48. The number of carbonyl (C=O) groups excluding carboxylic acids is 1. The van der Waals surface area contributed by atoms with Crippen molar-refractivity contribution in [1.29, 1.82) is 0 Å². The molecule has 1 atom stereocenters. The van der Waals surface area contributed by atoms with Crippen LogP contribution in [0.4, 0.5) is 0 Å². The van der Waals surface area contributed by atoms with Crippen LogP contribution < -0.4 is 10.0 Å². The molecule has 1 aromatic heterocycles. The molecular formula is C18H23ClN2O4S. The van der Waals surface area contributed by atoms with E-state index in [0.29, 0.717) is 22.8 Å². The van der Waals surface area contributed by atoms with Gasteiger partial charge in [-0.05, 0) is 36.1 Å². The summed E-state index contributed by atoms with van der Waals surface area (Å²) in [6.45, 7) is 4.05. The van der Waals surface area contributed by atoms with Crippen molar-refractivity contribution in [3.8, 4) is 0 Å². The normalized spacial score (nSPS) is 12.9. The summed E-state index contributed by atoms with van der Waals surface area (Å²) in [7, 11) is -3.74. The first-order valence-corrected chi connectivity index (χ1v) is 10.3. The van der Waals surface area contributed by atoms with Crippen LogP contribution in [0.2, 0.25) is 5.02 Å². The molecule has 8 heteroatoms. The first kappa shape index (κ1) is 20.5. The van der Waals surface area contributed by atoms with Crippen molar-refractivity contribution < 1.29 is 17.6 Å². The van der Waals surface area contributed by atoms with Crippen molar-refractivity contribution in [2.75, 3.05) is 0 Å². The van der Waals surface area contributed by atoms with Crippen LogP contribution in [-0.4, -0.2) is 20.4 Å². The smallest absolute Gasteiger partial charge is 0.238 e. The fraction of sp³-hybridized carbons (Fsp3) is 0.389. The van der Waals surface area contributed by atoms with Gasteiger partial charge >= 0.3 is 0 Å². The van der Waals surface area contributed by atoms with Gasteiger partial charge in [-0.1, -0.05) is 43.6 Å². The molecule has 2 N–H and O–H groups in total. The highest BCUT2D eigenvalue weighted by atomic mass is 35.5. The zero-order valence-corrected chi connectivity index (χ0v) is 16.3. The Kier molecular flexibility index (Phi) is 7.25. The van der Waals surface area contributed by atoms with Crippen molar-refractivity contribution in [2.45, 2.75) is 38.6 Å². The summed E-state index contributed by atoms with van der Waals surface area (Å²) < 4.78 is 32.7. The van der Waals surface area contributed by atoms with Gasteiger partial charge in [0, 0.05) is 5.02 Å². The van der Waals surface area contributed by atoms with E-state index < -0.39 is 22.0 Å². The Morgan fingerprint density at radius 3 is 2.54 bits per heavy atom. The molecule has 0 aliphatic rings. The van der Waals surface area contributed by atoms with E-state index in [9.17, 15) is 13.2 Å². The molecule has 0 bridgehead atoms. The molecule has 142 valence electrons. The minimum Gasteiger partial charge on any atom is -0.467 e. The summed E-state index contributed by atoms with van der Waals surface area (Å²) in [6, 6.07) is 9.33. The van der Waals surface area contributed by atoms with Crippen LogP contribution in [0.25, 0.3) is 0 Å². The molecule has 2 aromatic rings. The number of halogens is 1. The lowest BCUT2D eigenvalue weighted by Gasteiger charge is -2.20. The monoisotopic (exact) mass is 398 g/mol. The van der Waals surface area contributed by atoms with Crippen LogP contribution in [0.5, 0.6) is 0 Å². The van der Waals surface area contributed by atoms with Crippen molar-refractivity contribution in [1.82, 2.24) is 10.0 Å². The Bertz CT molecular complexity index is 819. The van der Waals surface area contributed by atoms with Gasteiger partial charge in [0.25, 0.3) is 0 Å². The largest absolute Gasteiger partial charge is 0.467 e. The van der Waals surface area contributed by atoms with Crippen LogP contribution in [0, 0.1) is 5.92 Å². The van der Waals surface area contributed by atoms with Crippen molar-refractivity contribution in [2.24, 2.45) is 5.92 Å². The van der Waals surface area contributed by atoms with Crippen molar-refractivity contribution >= 4 is 27.5 Å². The predicted molar refractivity (Wildman–Crippen MR) is 101 cm³/mol. The van der Waals surface area contributed by atoms with Gasteiger partial charge in [0.15, 0.2) is 0 Å². The van der Waals surface area contributed by atoms with Crippen molar-refractivity contribution in [3.05, 3.63) is 59.0 Å². The number of sulfonamides is 1. The molecular weight excluding hydrogens is 376 g/mol. The summed E-state index contributed by atoms with van der Waals surface area (Å²) in [5.74, 6) is 0.0583. The molecule has 0 aliphatic heterocycles. The molecule has 0 unspecified atom stereocenters. The Hall–Kier alpha value is -1.83. The highest BCUT2D eigenvalue weighted by Gasteiger charge is 2.26. The third-order valence-electron chi connectivity index (χ3n) is 3.67. The molecule has 0 aliphatic carbocycles. The Morgan fingerprint density at radius 1 is 1.19 bits per heavy atom. The molecule has 1 heterocycles. The summed E-state index contributed by atoms with van der Waals surface area (Å²) in [6.07, 6.45) is 1.89. The maximum absolute atomic E-state index is 12.5. The molecule has 0 saturated heterocycles. The minimum absolute atomic E-state index is 0.136. The van der Waals surface area contributed by atoms with E-state index in [1.165, 1.54) is 6.26 Å². The maximum atomic E-state index is 12.5. The van der Waals surface area contributed by atoms with Crippen LogP contribution in [0.15, 0.2) is 47.1 Å². The number of benzene rings is 1. The van der Waals surface area contributed by atoms with Gasteiger partial charge in [-0.25, -0.2) is 13.1 Å². The number of hydrogen-bond acceptors (Lipinski definition) is 4. The molecule has 0 radical (unpaired) electrons. The highest BCUT2D eigenvalue weighted by Crippen LogP contribution is 2.18. The van der Waals surface area contributed by atoms with Crippen LogP contribution >= 0.6 is 11.6 Å². The second-order valence-corrected chi connectivity index (χ2v) is 8.61. The molecule has 0 fully saturated rings. The van der Waals surface area contributed by atoms with Gasteiger partial charge < -0.3 is 9.73 Å². The van der Waals surface area contributed by atoms with E-state index in [1.54, 1.807) is 36.4 Å². The first-order valence-electron chi connectivity index (χ1n) is 8.30. The van der Waals surface area contributed by atoms with Gasteiger partial charge in [0.1, 0.15) is 11.8 Å². The summed E-state index contributed by atoms with van der Waals surface area (Å²) >= 11 is 6.04. The van der Waals surface area contributed by atoms with Gasteiger partial charge in [0.2, 0.25) is 15.9 Å². The SMILES string of the molecule is CC(C)C[C@H](NS(=O)(=O)Cc1ccccc1Cl)C(=O)NCc1ccco1. The number of carbonyl (C=O) groups is 1.